The molecule has 1 aromatic carbocycles. The largest absolute Gasteiger partial charge is 0.487 e. The fourth-order valence-corrected chi connectivity index (χ4v) is 3.75. The molecule has 1 aliphatic rings. The van der Waals surface area contributed by atoms with Gasteiger partial charge in [0.2, 0.25) is 0 Å². The predicted octanol–water partition coefficient (Wildman–Crippen LogP) is 2.49. The van der Waals surface area contributed by atoms with Crippen LogP contribution in [0.15, 0.2) is 41.6 Å². The molecule has 0 saturated heterocycles. The third-order valence-corrected chi connectivity index (χ3v) is 5.00. The molecule has 1 aromatic heterocycles. The number of aryl methyl sites for hydroxylation is 2. The van der Waals surface area contributed by atoms with Crippen molar-refractivity contribution in [2.45, 2.75) is 29.9 Å². The van der Waals surface area contributed by atoms with E-state index in [1.54, 1.807) is 0 Å². The lowest BCUT2D eigenvalue weighted by Gasteiger charge is -2.31. The highest BCUT2D eigenvalue weighted by Gasteiger charge is 2.27. The van der Waals surface area contributed by atoms with E-state index in [0.29, 0.717) is 6.04 Å². The summed E-state index contributed by atoms with van der Waals surface area (Å²) >= 11 is 1.88. The first-order chi connectivity index (χ1) is 10.3. The van der Waals surface area contributed by atoms with Crippen LogP contribution < -0.4 is 10.1 Å². The number of thioether (sulfide) groups is 1. The van der Waals surface area contributed by atoms with Crippen LogP contribution in [0.4, 0.5) is 0 Å². The molecular weight excluding hydrogens is 282 g/mol. The molecule has 1 N–H and O–H groups in total. The number of rotatable bonds is 5. The minimum absolute atomic E-state index is 0.214. The summed E-state index contributed by atoms with van der Waals surface area (Å²) < 4.78 is 8.03. The van der Waals surface area contributed by atoms with Gasteiger partial charge in [-0.2, -0.15) is 5.10 Å². The average molecular weight is 303 g/mol. The summed E-state index contributed by atoms with van der Waals surface area (Å²) in [7, 11) is 3.97. The second-order valence-electron chi connectivity index (χ2n) is 5.37. The standard InChI is InChI=1S/C16H21N3OS/c1-17-13(8-7-12-9-18-19(2)10-12)15-11-21-16-6-4-3-5-14(16)20-15/h3-6,9-10,13,15,17H,7-8,11H2,1-2H3. The second-order valence-corrected chi connectivity index (χ2v) is 6.43. The van der Waals surface area contributed by atoms with Crippen LogP contribution >= 0.6 is 11.8 Å². The van der Waals surface area contributed by atoms with Gasteiger partial charge < -0.3 is 10.1 Å². The molecule has 4 nitrogen and oxygen atoms in total. The van der Waals surface area contributed by atoms with Gasteiger partial charge in [-0.25, -0.2) is 0 Å². The van der Waals surface area contributed by atoms with Gasteiger partial charge in [-0.15, -0.1) is 11.8 Å². The SMILES string of the molecule is CNC(CCc1cnn(C)c1)C1CSc2ccccc2O1. The van der Waals surface area contributed by atoms with Crippen LogP contribution in [0.2, 0.25) is 0 Å². The number of ether oxygens (including phenoxy) is 1. The van der Waals surface area contributed by atoms with Crippen molar-refractivity contribution >= 4 is 11.8 Å². The molecule has 0 fully saturated rings. The fraction of sp³-hybridized carbons (Fsp3) is 0.438. The number of likely N-dealkylation sites (N-methyl/N-ethyl adjacent to an activating group) is 1. The lowest BCUT2D eigenvalue weighted by atomic mass is 10.0. The van der Waals surface area contributed by atoms with Crippen molar-refractivity contribution in [3.05, 3.63) is 42.2 Å². The van der Waals surface area contributed by atoms with Gasteiger partial charge in [0.05, 0.1) is 6.20 Å². The lowest BCUT2D eigenvalue weighted by Crippen LogP contribution is -2.44. The Bertz CT molecular complexity index is 599. The quantitative estimate of drug-likeness (QED) is 0.921. The summed E-state index contributed by atoms with van der Waals surface area (Å²) in [6, 6.07) is 8.63. The van der Waals surface area contributed by atoms with E-state index in [2.05, 4.69) is 34.8 Å². The molecule has 0 saturated carbocycles. The molecule has 2 unspecified atom stereocenters. The highest BCUT2D eigenvalue weighted by molar-refractivity contribution is 7.99. The first-order valence-corrected chi connectivity index (χ1v) is 8.28. The number of fused-ring (bicyclic) bond motifs is 1. The summed E-state index contributed by atoms with van der Waals surface area (Å²) in [5, 5.41) is 7.64. The Kier molecular flexibility index (Phi) is 4.51. The Morgan fingerprint density at radius 1 is 1.48 bits per heavy atom. The van der Waals surface area contributed by atoms with Crippen LogP contribution in [0, 0.1) is 0 Å². The van der Waals surface area contributed by atoms with E-state index in [0.717, 1.165) is 24.3 Å². The minimum atomic E-state index is 0.214. The second kappa shape index (κ2) is 6.54. The van der Waals surface area contributed by atoms with Crippen LogP contribution in [0.5, 0.6) is 5.75 Å². The van der Waals surface area contributed by atoms with Crippen molar-refractivity contribution in [3.8, 4) is 5.75 Å². The van der Waals surface area contributed by atoms with E-state index in [1.165, 1.54) is 10.5 Å². The number of nitrogens with one attached hydrogen (secondary N) is 1. The Hall–Kier alpha value is -1.46. The molecule has 1 aliphatic heterocycles. The van der Waals surface area contributed by atoms with E-state index in [-0.39, 0.29) is 6.10 Å². The zero-order chi connectivity index (χ0) is 14.7. The van der Waals surface area contributed by atoms with Crippen molar-refractivity contribution < 1.29 is 4.74 Å². The smallest absolute Gasteiger partial charge is 0.133 e. The van der Waals surface area contributed by atoms with Gasteiger partial charge in [-0.05, 0) is 37.6 Å². The van der Waals surface area contributed by atoms with Crippen LogP contribution in [0.1, 0.15) is 12.0 Å². The number of hydrogen-bond donors (Lipinski definition) is 1. The number of para-hydroxylation sites is 1. The number of benzene rings is 1. The van der Waals surface area contributed by atoms with Gasteiger partial charge in [0.15, 0.2) is 0 Å². The molecular formula is C16H21N3OS. The van der Waals surface area contributed by atoms with Crippen LogP contribution in [0.3, 0.4) is 0 Å². The van der Waals surface area contributed by atoms with E-state index in [4.69, 9.17) is 4.74 Å². The lowest BCUT2D eigenvalue weighted by molar-refractivity contribution is 0.165. The minimum Gasteiger partial charge on any atom is -0.487 e. The van der Waals surface area contributed by atoms with E-state index in [1.807, 2.05) is 42.8 Å². The zero-order valence-corrected chi connectivity index (χ0v) is 13.3. The molecule has 2 heterocycles. The van der Waals surface area contributed by atoms with Gasteiger partial charge in [0, 0.05) is 29.9 Å². The number of nitrogens with zero attached hydrogens (tertiary/aromatic N) is 2. The van der Waals surface area contributed by atoms with Crippen molar-refractivity contribution in [1.29, 1.82) is 0 Å². The molecule has 21 heavy (non-hydrogen) atoms. The van der Waals surface area contributed by atoms with Crippen molar-refractivity contribution in [3.63, 3.8) is 0 Å². The van der Waals surface area contributed by atoms with Crippen LogP contribution in [0.25, 0.3) is 0 Å². The van der Waals surface area contributed by atoms with E-state index < -0.39 is 0 Å². The van der Waals surface area contributed by atoms with Crippen LogP contribution in [-0.4, -0.2) is 34.7 Å². The first-order valence-electron chi connectivity index (χ1n) is 7.29. The first kappa shape index (κ1) is 14.5. The molecule has 0 radical (unpaired) electrons. The third kappa shape index (κ3) is 3.41. The predicted molar refractivity (Wildman–Crippen MR) is 86.0 cm³/mol. The van der Waals surface area contributed by atoms with E-state index in [9.17, 15) is 0 Å². The zero-order valence-electron chi connectivity index (χ0n) is 12.5. The summed E-state index contributed by atoms with van der Waals surface area (Å²) in [6.07, 6.45) is 6.31. The van der Waals surface area contributed by atoms with Crippen molar-refractivity contribution in [2.24, 2.45) is 7.05 Å². The molecule has 112 valence electrons. The van der Waals surface area contributed by atoms with Gasteiger partial charge >= 0.3 is 0 Å². The normalized spacial score (nSPS) is 18.9. The highest BCUT2D eigenvalue weighted by Crippen LogP contribution is 2.36. The Morgan fingerprint density at radius 2 is 2.33 bits per heavy atom. The molecule has 0 bridgehead atoms. The molecule has 0 amide bonds. The third-order valence-electron chi connectivity index (χ3n) is 3.85. The Morgan fingerprint density at radius 3 is 3.10 bits per heavy atom. The van der Waals surface area contributed by atoms with Gasteiger partial charge in [0.25, 0.3) is 0 Å². The fourth-order valence-electron chi connectivity index (χ4n) is 2.67. The maximum Gasteiger partial charge on any atom is 0.133 e. The molecule has 3 rings (SSSR count). The maximum atomic E-state index is 6.17. The van der Waals surface area contributed by atoms with Gasteiger partial charge in [-0.3, -0.25) is 4.68 Å². The van der Waals surface area contributed by atoms with Gasteiger partial charge in [0.1, 0.15) is 11.9 Å². The van der Waals surface area contributed by atoms with Gasteiger partial charge in [-0.1, -0.05) is 12.1 Å². The average Bonchev–Trinajstić information content (AvgIpc) is 2.93. The van der Waals surface area contributed by atoms with Crippen LogP contribution in [-0.2, 0) is 13.5 Å². The summed E-state index contributed by atoms with van der Waals surface area (Å²) in [5.41, 5.74) is 1.28. The Balaban J connectivity index is 1.62. The van der Waals surface area contributed by atoms with Crippen molar-refractivity contribution in [1.82, 2.24) is 15.1 Å². The number of aromatic nitrogens is 2. The Labute approximate surface area is 129 Å². The monoisotopic (exact) mass is 303 g/mol. The maximum absolute atomic E-state index is 6.17. The molecule has 2 aromatic rings. The summed E-state index contributed by atoms with van der Waals surface area (Å²) in [4.78, 5) is 1.25. The molecule has 5 heteroatoms. The van der Waals surface area contributed by atoms with Crippen molar-refractivity contribution in [2.75, 3.05) is 12.8 Å². The topological polar surface area (TPSA) is 39.1 Å². The summed E-state index contributed by atoms with van der Waals surface area (Å²) in [6.45, 7) is 0. The summed E-state index contributed by atoms with van der Waals surface area (Å²) in [5.74, 6) is 2.01. The molecule has 0 spiro atoms. The molecule has 2 atom stereocenters. The highest BCUT2D eigenvalue weighted by atomic mass is 32.2. The van der Waals surface area contributed by atoms with E-state index >= 15 is 0 Å². The number of hydrogen-bond acceptors (Lipinski definition) is 4. The molecule has 0 aliphatic carbocycles.